The van der Waals surface area contributed by atoms with E-state index in [9.17, 15) is 5.11 Å². The molecule has 114 valence electrons. The summed E-state index contributed by atoms with van der Waals surface area (Å²) in [6.45, 7) is 8.57. The van der Waals surface area contributed by atoms with Crippen molar-refractivity contribution < 1.29 is 9.63 Å². The zero-order chi connectivity index (χ0) is 14.6. The number of piperidine rings is 1. The molecule has 1 aromatic heterocycles. The van der Waals surface area contributed by atoms with E-state index in [2.05, 4.69) is 35.8 Å². The summed E-state index contributed by atoms with van der Waals surface area (Å²) in [7, 11) is 0. The molecular formula is C15H27N3O2. The van der Waals surface area contributed by atoms with Crippen LogP contribution in [0.2, 0.25) is 0 Å². The summed E-state index contributed by atoms with van der Waals surface area (Å²) in [5.41, 5.74) is -0.00241. The van der Waals surface area contributed by atoms with Crippen LogP contribution in [0.4, 0.5) is 0 Å². The lowest BCUT2D eigenvalue weighted by Gasteiger charge is -2.41. The Morgan fingerprint density at radius 1 is 1.50 bits per heavy atom. The van der Waals surface area contributed by atoms with Crippen LogP contribution in [0.25, 0.3) is 0 Å². The summed E-state index contributed by atoms with van der Waals surface area (Å²) in [4.78, 5) is 6.86. The van der Waals surface area contributed by atoms with Gasteiger partial charge < -0.3 is 9.63 Å². The molecule has 5 heteroatoms. The van der Waals surface area contributed by atoms with Gasteiger partial charge in [0.15, 0.2) is 5.82 Å². The van der Waals surface area contributed by atoms with E-state index in [-0.39, 0.29) is 18.1 Å². The summed E-state index contributed by atoms with van der Waals surface area (Å²) in [5.74, 6) is 1.52. The number of aromatic nitrogens is 2. The number of aryl methyl sites for hydroxylation is 1. The smallest absolute Gasteiger partial charge is 0.243 e. The highest BCUT2D eigenvalue weighted by Gasteiger charge is 2.34. The van der Waals surface area contributed by atoms with Gasteiger partial charge in [-0.15, -0.1) is 0 Å². The Balaban J connectivity index is 1.99. The molecule has 2 unspecified atom stereocenters. The maximum atomic E-state index is 9.54. The van der Waals surface area contributed by atoms with Crippen LogP contribution in [0.15, 0.2) is 4.52 Å². The lowest BCUT2D eigenvalue weighted by molar-refractivity contribution is 0.0211. The lowest BCUT2D eigenvalue weighted by Crippen LogP contribution is -2.44. The van der Waals surface area contributed by atoms with Crippen LogP contribution >= 0.6 is 0 Å². The zero-order valence-electron chi connectivity index (χ0n) is 12.9. The average Bonchev–Trinajstić information content (AvgIpc) is 2.93. The molecule has 2 heterocycles. The minimum Gasteiger partial charge on any atom is -0.396 e. The van der Waals surface area contributed by atoms with Crippen molar-refractivity contribution in [1.82, 2.24) is 15.0 Å². The van der Waals surface area contributed by atoms with Crippen LogP contribution in [0.5, 0.6) is 0 Å². The number of nitrogens with zero attached hydrogens (tertiary/aromatic N) is 3. The van der Waals surface area contributed by atoms with Crippen LogP contribution in [0.3, 0.4) is 0 Å². The molecule has 0 saturated carbocycles. The topological polar surface area (TPSA) is 62.4 Å². The van der Waals surface area contributed by atoms with E-state index in [0.29, 0.717) is 5.89 Å². The molecule has 1 N–H and O–H groups in total. The fourth-order valence-corrected chi connectivity index (χ4v) is 2.85. The molecule has 0 amide bonds. The van der Waals surface area contributed by atoms with Gasteiger partial charge in [0.25, 0.3) is 0 Å². The van der Waals surface area contributed by atoms with Crippen LogP contribution in [0, 0.1) is 5.41 Å². The molecule has 2 rings (SSSR count). The first-order valence-electron chi connectivity index (χ1n) is 7.75. The summed E-state index contributed by atoms with van der Waals surface area (Å²) in [6, 6.07) is 0.129. The van der Waals surface area contributed by atoms with Crippen molar-refractivity contribution in [1.29, 1.82) is 0 Å². The highest BCUT2D eigenvalue weighted by Crippen LogP contribution is 2.33. The third kappa shape index (κ3) is 3.58. The highest BCUT2D eigenvalue weighted by atomic mass is 16.5. The third-order valence-electron chi connectivity index (χ3n) is 4.34. The van der Waals surface area contributed by atoms with Gasteiger partial charge in [-0.3, -0.25) is 4.90 Å². The summed E-state index contributed by atoms with van der Waals surface area (Å²) in [5, 5.41) is 13.6. The van der Waals surface area contributed by atoms with Crippen molar-refractivity contribution in [3.05, 3.63) is 11.7 Å². The van der Waals surface area contributed by atoms with Crippen molar-refractivity contribution in [2.24, 2.45) is 5.41 Å². The molecule has 20 heavy (non-hydrogen) atoms. The number of aliphatic hydroxyl groups excluding tert-OH is 1. The molecular weight excluding hydrogens is 254 g/mol. The fourth-order valence-electron chi connectivity index (χ4n) is 2.85. The Kier molecular flexibility index (Phi) is 5.16. The summed E-state index contributed by atoms with van der Waals surface area (Å²) in [6.07, 6.45) is 5.32. The second-order valence-corrected chi connectivity index (χ2v) is 6.37. The first kappa shape index (κ1) is 15.4. The quantitative estimate of drug-likeness (QED) is 0.868. The molecule has 0 bridgehead atoms. The van der Waals surface area contributed by atoms with Gasteiger partial charge in [0.1, 0.15) is 0 Å². The standard InChI is InChI=1S/C15H27N3O2/c1-4-5-7-13-16-14(20-17-13)12(2)18-9-6-8-15(3,10-18)11-19/h12,19H,4-11H2,1-3H3. The maximum Gasteiger partial charge on any atom is 0.243 e. The van der Waals surface area contributed by atoms with E-state index in [1.807, 2.05) is 0 Å². The van der Waals surface area contributed by atoms with E-state index >= 15 is 0 Å². The maximum absolute atomic E-state index is 9.54. The van der Waals surface area contributed by atoms with Crippen LogP contribution in [0.1, 0.15) is 64.2 Å². The minimum absolute atomic E-state index is 0.00241. The predicted molar refractivity (Wildman–Crippen MR) is 77.3 cm³/mol. The van der Waals surface area contributed by atoms with Gasteiger partial charge in [-0.1, -0.05) is 25.4 Å². The van der Waals surface area contributed by atoms with E-state index in [1.165, 1.54) is 0 Å². The van der Waals surface area contributed by atoms with Gasteiger partial charge >= 0.3 is 0 Å². The van der Waals surface area contributed by atoms with E-state index in [4.69, 9.17) is 4.52 Å². The molecule has 0 spiro atoms. The third-order valence-corrected chi connectivity index (χ3v) is 4.34. The molecule has 0 aromatic carbocycles. The van der Waals surface area contributed by atoms with Gasteiger partial charge in [0, 0.05) is 25.0 Å². The first-order valence-corrected chi connectivity index (χ1v) is 7.75. The molecule has 0 radical (unpaired) electrons. The van der Waals surface area contributed by atoms with Gasteiger partial charge in [-0.25, -0.2) is 0 Å². The molecule has 0 aliphatic carbocycles. The van der Waals surface area contributed by atoms with E-state index < -0.39 is 0 Å². The lowest BCUT2D eigenvalue weighted by atomic mass is 9.82. The van der Waals surface area contributed by atoms with E-state index in [0.717, 1.165) is 51.0 Å². The first-order chi connectivity index (χ1) is 9.58. The van der Waals surface area contributed by atoms with Crippen LogP contribution in [-0.2, 0) is 6.42 Å². The Hall–Kier alpha value is -0.940. The zero-order valence-corrected chi connectivity index (χ0v) is 12.9. The van der Waals surface area contributed by atoms with Crippen LogP contribution in [-0.4, -0.2) is 39.8 Å². The molecule has 5 nitrogen and oxygen atoms in total. The van der Waals surface area contributed by atoms with Crippen molar-refractivity contribution >= 4 is 0 Å². The van der Waals surface area contributed by atoms with Gasteiger partial charge in [0.05, 0.1) is 6.04 Å². The number of hydrogen-bond donors (Lipinski definition) is 1. The van der Waals surface area contributed by atoms with Crippen molar-refractivity contribution in [3.8, 4) is 0 Å². The summed E-state index contributed by atoms with van der Waals surface area (Å²) >= 11 is 0. The Morgan fingerprint density at radius 3 is 3.00 bits per heavy atom. The SMILES string of the molecule is CCCCc1noc(C(C)N2CCCC(C)(CO)C2)n1. The van der Waals surface area contributed by atoms with E-state index in [1.54, 1.807) is 0 Å². The molecule has 2 atom stereocenters. The summed E-state index contributed by atoms with van der Waals surface area (Å²) < 4.78 is 5.41. The van der Waals surface area contributed by atoms with Gasteiger partial charge in [0.2, 0.25) is 5.89 Å². The molecule has 1 fully saturated rings. The monoisotopic (exact) mass is 281 g/mol. The Morgan fingerprint density at radius 2 is 2.30 bits per heavy atom. The number of likely N-dealkylation sites (tertiary alicyclic amines) is 1. The fraction of sp³-hybridized carbons (Fsp3) is 0.867. The minimum atomic E-state index is -0.00241. The Bertz CT molecular complexity index is 421. The van der Waals surface area contributed by atoms with Crippen molar-refractivity contribution in [2.45, 2.75) is 58.9 Å². The largest absolute Gasteiger partial charge is 0.396 e. The number of unbranched alkanes of at least 4 members (excludes halogenated alkanes) is 1. The normalized spacial score (nSPS) is 25.8. The van der Waals surface area contributed by atoms with Gasteiger partial charge in [-0.05, 0) is 32.7 Å². The molecule has 1 saturated heterocycles. The molecule has 1 aliphatic heterocycles. The number of hydrogen-bond acceptors (Lipinski definition) is 5. The molecule has 1 aliphatic rings. The highest BCUT2D eigenvalue weighted by molar-refractivity contribution is 4.95. The second-order valence-electron chi connectivity index (χ2n) is 6.37. The second kappa shape index (κ2) is 6.68. The van der Waals surface area contributed by atoms with Crippen molar-refractivity contribution in [2.75, 3.05) is 19.7 Å². The van der Waals surface area contributed by atoms with Crippen LogP contribution < -0.4 is 0 Å². The predicted octanol–water partition coefficient (Wildman–Crippen LogP) is 2.57. The van der Waals surface area contributed by atoms with Crippen molar-refractivity contribution in [3.63, 3.8) is 0 Å². The number of aliphatic hydroxyl groups is 1. The average molecular weight is 281 g/mol. The number of rotatable bonds is 6. The molecule has 1 aromatic rings. The van der Waals surface area contributed by atoms with Gasteiger partial charge in [-0.2, -0.15) is 4.98 Å². The Labute approximate surface area is 121 Å².